The Kier molecular flexibility index (Phi) is 6.76. The molecule has 154 valence electrons. The maximum Gasteiger partial charge on any atom is 0.305 e. The van der Waals surface area contributed by atoms with Gasteiger partial charge < -0.3 is 9.47 Å². The maximum atomic E-state index is 11.3. The molecule has 0 spiro atoms. The summed E-state index contributed by atoms with van der Waals surface area (Å²) in [6.45, 7) is 11.0. The SMILES string of the molecule is CC(=O)OC(C)O/C(=C(/C#N)c1ccc(C(C)(C)C)cc1)c1c(Cl)c(C)nn1C. The largest absolute Gasteiger partial charge is 0.451 e. The van der Waals surface area contributed by atoms with Crippen molar-refractivity contribution in [3.63, 3.8) is 0 Å². The predicted octanol–water partition coefficient (Wildman–Crippen LogP) is 5.00. The minimum Gasteiger partial charge on any atom is -0.451 e. The topological polar surface area (TPSA) is 77.1 Å². The number of carbonyl (C=O) groups is 1. The number of benzene rings is 1. The van der Waals surface area contributed by atoms with Gasteiger partial charge in [-0.25, -0.2) is 0 Å². The Bertz CT molecular complexity index is 976. The second-order valence-electron chi connectivity index (χ2n) is 7.81. The van der Waals surface area contributed by atoms with Gasteiger partial charge in [0.05, 0.1) is 10.7 Å². The minimum atomic E-state index is -0.911. The Morgan fingerprint density at radius 3 is 2.24 bits per heavy atom. The molecule has 6 nitrogen and oxygen atoms in total. The molecule has 1 heterocycles. The first-order valence-corrected chi connectivity index (χ1v) is 9.62. The summed E-state index contributed by atoms with van der Waals surface area (Å²) in [6.07, 6.45) is -0.911. The Morgan fingerprint density at radius 1 is 1.24 bits per heavy atom. The summed E-state index contributed by atoms with van der Waals surface area (Å²) in [6, 6.07) is 9.92. The van der Waals surface area contributed by atoms with Gasteiger partial charge in [0.25, 0.3) is 0 Å². The van der Waals surface area contributed by atoms with E-state index in [-0.39, 0.29) is 16.7 Å². The van der Waals surface area contributed by atoms with E-state index >= 15 is 0 Å². The van der Waals surface area contributed by atoms with Crippen molar-refractivity contribution in [1.29, 1.82) is 5.26 Å². The van der Waals surface area contributed by atoms with Crippen LogP contribution < -0.4 is 0 Å². The average Bonchev–Trinajstić information content (AvgIpc) is 2.86. The molecule has 2 rings (SSSR count). The van der Waals surface area contributed by atoms with Crippen LogP contribution in [0.2, 0.25) is 5.02 Å². The van der Waals surface area contributed by atoms with Crippen molar-refractivity contribution in [2.24, 2.45) is 7.05 Å². The van der Waals surface area contributed by atoms with Crippen molar-refractivity contribution < 1.29 is 14.3 Å². The highest BCUT2D eigenvalue weighted by molar-refractivity contribution is 6.33. The quantitative estimate of drug-likeness (QED) is 0.297. The van der Waals surface area contributed by atoms with Gasteiger partial charge in [-0.2, -0.15) is 10.4 Å². The van der Waals surface area contributed by atoms with Crippen molar-refractivity contribution in [2.45, 2.75) is 53.2 Å². The van der Waals surface area contributed by atoms with Crippen LogP contribution in [0.1, 0.15) is 57.1 Å². The molecular formula is C22H26ClN3O3. The van der Waals surface area contributed by atoms with Gasteiger partial charge in [-0.05, 0) is 23.5 Å². The van der Waals surface area contributed by atoms with Crippen molar-refractivity contribution in [3.8, 4) is 6.07 Å². The molecule has 0 amide bonds. The third-order valence-corrected chi connectivity index (χ3v) is 4.81. The number of esters is 1. The van der Waals surface area contributed by atoms with E-state index in [4.69, 9.17) is 21.1 Å². The summed E-state index contributed by atoms with van der Waals surface area (Å²) >= 11 is 6.46. The van der Waals surface area contributed by atoms with Crippen LogP contribution in [0, 0.1) is 18.3 Å². The zero-order chi connectivity index (χ0) is 21.9. The number of rotatable bonds is 5. The highest BCUT2D eigenvalue weighted by Gasteiger charge is 2.25. The van der Waals surface area contributed by atoms with E-state index in [2.05, 4.69) is 31.9 Å². The highest BCUT2D eigenvalue weighted by Crippen LogP contribution is 2.34. The van der Waals surface area contributed by atoms with Crippen LogP contribution in [0.25, 0.3) is 11.3 Å². The number of aryl methyl sites for hydroxylation is 2. The van der Waals surface area contributed by atoms with E-state index in [9.17, 15) is 10.1 Å². The second-order valence-corrected chi connectivity index (χ2v) is 8.19. The molecule has 1 aromatic carbocycles. The molecule has 1 unspecified atom stereocenters. The number of aromatic nitrogens is 2. The van der Waals surface area contributed by atoms with Gasteiger partial charge in [-0.3, -0.25) is 9.48 Å². The number of ether oxygens (including phenoxy) is 2. The van der Waals surface area contributed by atoms with Crippen LogP contribution in [0.3, 0.4) is 0 Å². The van der Waals surface area contributed by atoms with E-state index in [1.165, 1.54) is 6.92 Å². The van der Waals surface area contributed by atoms with Crippen LogP contribution in [0.4, 0.5) is 0 Å². The van der Waals surface area contributed by atoms with E-state index in [0.717, 1.165) is 5.56 Å². The van der Waals surface area contributed by atoms with Crippen molar-refractivity contribution in [3.05, 3.63) is 51.8 Å². The third kappa shape index (κ3) is 5.18. The van der Waals surface area contributed by atoms with E-state index < -0.39 is 12.3 Å². The smallest absolute Gasteiger partial charge is 0.305 e. The zero-order valence-electron chi connectivity index (χ0n) is 17.8. The average molecular weight is 416 g/mol. The predicted molar refractivity (Wildman–Crippen MR) is 113 cm³/mol. The van der Waals surface area contributed by atoms with Gasteiger partial charge in [0.15, 0.2) is 5.76 Å². The first kappa shape index (κ1) is 22.5. The molecule has 0 saturated carbocycles. The molecule has 0 bridgehead atoms. The number of halogens is 1. The number of carbonyl (C=O) groups excluding carboxylic acids is 1. The van der Waals surface area contributed by atoms with Gasteiger partial charge in [-0.1, -0.05) is 56.6 Å². The fourth-order valence-corrected chi connectivity index (χ4v) is 3.17. The molecule has 0 fully saturated rings. The first-order valence-electron chi connectivity index (χ1n) is 9.24. The Hall–Kier alpha value is -2.78. The fraction of sp³-hybridized carbons (Fsp3) is 0.409. The standard InChI is InChI=1S/C22H26ClN3O3/c1-13-19(23)20(26(7)25-13)21(29-15(3)28-14(2)27)18(12-24)16-8-10-17(11-9-16)22(4,5)6/h8-11,15H,1-7H3/b21-18-. The second kappa shape index (κ2) is 8.71. The molecule has 1 atom stereocenters. The summed E-state index contributed by atoms with van der Waals surface area (Å²) in [5.41, 5.74) is 3.12. The fourth-order valence-electron chi connectivity index (χ4n) is 2.92. The molecule has 0 aliphatic carbocycles. The van der Waals surface area contributed by atoms with Gasteiger partial charge in [0.2, 0.25) is 6.29 Å². The number of nitriles is 1. The lowest BCUT2D eigenvalue weighted by molar-refractivity contribution is -0.161. The Balaban J connectivity index is 2.66. The minimum absolute atomic E-state index is 0.0132. The third-order valence-electron chi connectivity index (χ3n) is 4.36. The van der Waals surface area contributed by atoms with Crippen molar-refractivity contribution in [1.82, 2.24) is 9.78 Å². The van der Waals surface area contributed by atoms with Gasteiger partial charge >= 0.3 is 5.97 Å². The lowest BCUT2D eigenvalue weighted by Gasteiger charge is -2.20. The number of hydrogen-bond donors (Lipinski definition) is 0. The molecule has 29 heavy (non-hydrogen) atoms. The van der Waals surface area contributed by atoms with Crippen LogP contribution >= 0.6 is 11.6 Å². The van der Waals surface area contributed by atoms with Gasteiger partial charge in [0, 0.05) is 20.9 Å². The summed E-state index contributed by atoms with van der Waals surface area (Å²) in [7, 11) is 1.71. The van der Waals surface area contributed by atoms with Crippen LogP contribution in [-0.4, -0.2) is 22.0 Å². The van der Waals surface area contributed by atoms with E-state index in [1.807, 2.05) is 24.3 Å². The number of nitrogens with zero attached hydrogens (tertiary/aromatic N) is 3. The highest BCUT2D eigenvalue weighted by atomic mass is 35.5. The van der Waals surface area contributed by atoms with Crippen LogP contribution in [0.5, 0.6) is 0 Å². The molecular weight excluding hydrogens is 390 g/mol. The summed E-state index contributed by atoms with van der Waals surface area (Å²) in [5.74, 6) is -0.282. The molecule has 0 radical (unpaired) electrons. The maximum absolute atomic E-state index is 11.3. The molecule has 0 aliphatic heterocycles. The molecule has 7 heteroatoms. The molecule has 0 saturated heterocycles. The summed E-state index contributed by atoms with van der Waals surface area (Å²) in [4.78, 5) is 11.3. The van der Waals surface area contributed by atoms with Crippen LogP contribution in [0.15, 0.2) is 24.3 Å². The van der Waals surface area contributed by atoms with Crippen LogP contribution in [-0.2, 0) is 26.7 Å². The number of hydrogen-bond acceptors (Lipinski definition) is 5. The zero-order valence-corrected chi connectivity index (χ0v) is 18.6. The lowest BCUT2D eigenvalue weighted by atomic mass is 9.86. The molecule has 1 aromatic heterocycles. The van der Waals surface area contributed by atoms with E-state index in [1.54, 1.807) is 25.6 Å². The lowest BCUT2D eigenvalue weighted by Crippen LogP contribution is -2.17. The first-order chi connectivity index (χ1) is 13.5. The normalized spacial score (nSPS) is 13.3. The van der Waals surface area contributed by atoms with Gasteiger partial charge in [-0.15, -0.1) is 0 Å². The monoisotopic (exact) mass is 415 g/mol. The molecule has 0 N–H and O–H groups in total. The Labute approximate surface area is 176 Å². The summed E-state index contributed by atoms with van der Waals surface area (Å²) in [5, 5.41) is 14.6. The number of allylic oxidation sites excluding steroid dienone is 1. The molecule has 2 aromatic rings. The van der Waals surface area contributed by atoms with Crippen molar-refractivity contribution >= 4 is 28.9 Å². The summed E-state index contributed by atoms with van der Waals surface area (Å²) < 4.78 is 12.6. The van der Waals surface area contributed by atoms with Crippen molar-refractivity contribution in [2.75, 3.05) is 0 Å². The Morgan fingerprint density at radius 2 is 1.83 bits per heavy atom. The molecule has 0 aliphatic rings. The van der Waals surface area contributed by atoms with E-state index in [0.29, 0.717) is 22.0 Å². The van der Waals surface area contributed by atoms with Gasteiger partial charge in [0.1, 0.15) is 17.3 Å².